The molecule has 2 saturated carbocycles. The molecule has 190 valence electrons. The topological polar surface area (TPSA) is 95.7 Å². The maximum Gasteiger partial charge on any atom is 0.390 e. The van der Waals surface area contributed by atoms with Crippen LogP contribution in [0.2, 0.25) is 0 Å². The molecule has 4 rings (SSSR count). The smallest absolute Gasteiger partial charge is 0.390 e. The van der Waals surface area contributed by atoms with E-state index in [1.807, 2.05) is 0 Å². The van der Waals surface area contributed by atoms with Crippen molar-refractivity contribution in [3.05, 3.63) is 41.3 Å². The van der Waals surface area contributed by atoms with Crippen LogP contribution < -0.4 is 10.2 Å². The summed E-state index contributed by atoms with van der Waals surface area (Å²) in [5.41, 5.74) is 2.14. The third-order valence-corrected chi connectivity index (χ3v) is 6.81. The summed E-state index contributed by atoms with van der Waals surface area (Å²) in [6.07, 6.45) is -0.285. The number of carboxylic acids is 1. The molecule has 1 unspecified atom stereocenters. The van der Waals surface area contributed by atoms with Crippen molar-refractivity contribution in [1.29, 1.82) is 0 Å². The van der Waals surface area contributed by atoms with Crippen molar-refractivity contribution < 1.29 is 32.4 Å². The number of nitrogens with zero attached hydrogens (tertiary/aromatic N) is 2. The molecule has 0 radical (unpaired) electrons. The summed E-state index contributed by atoms with van der Waals surface area (Å²) < 4.78 is 44.6. The van der Waals surface area contributed by atoms with Gasteiger partial charge >= 0.3 is 12.1 Å². The number of carbonyl (C=O) groups is 2. The number of aliphatic carboxylic acids is 1. The standard InChI is InChI=1S/C25H30F3N3O4/c1-15-11-17(30-35-15)13-23(32)29-21-12-16(19-14-20(19)24(33)34)7-8-22(21)31(10-9-25(26,27)28)18-5-3-2-4-6-18/h7-8,11-12,18-20H,2-6,9-10,13-14H2,1H3,(H,29,32)(H,33,34)/t19?,20-/m1/s1. The lowest BCUT2D eigenvalue weighted by molar-refractivity contribution is -0.138. The molecule has 2 aliphatic rings. The highest BCUT2D eigenvalue weighted by Gasteiger charge is 2.44. The van der Waals surface area contributed by atoms with Gasteiger partial charge in [0.1, 0.15) is 5.76 Å². The molecule has 0 bridgehead atoms. The molecule has 1 amide bonds. The predicted molar refractivity (Wildman–Crippen MR) is 123 cm³/mol. The molecule has 2 atom stereocenters. The quantitative estimate of drug-likeness (QED) is 0.483. The number of amides is 1. The van der Waals surface area contributed by atoms with Gasteiger partial charge in [-0.05, 0) is 49.8 Å². The second-order valence-electron chi connectivity index (χ2n) is 9.57. The van der Waals surface area contributed by atoms with E-state index in [4.69, 9.17) is 4.52 Å². The predicted octanol–water partition coefficient (Wildman–Crippen LogP) is 5.44. The monoisotopic (exact) mass is 493 g/mol. The molecule has 2 aromatic rings. The highest BCUT2D eigenvalue weighted by molar-refractivity contribution is 5.95. The van der Waals surface area contributed by atoms with Gasteiger partial charge in [-0.15, -0.1) is 0 Å². The lowest BCUT2D eigenvalue weighted by Crippen LogP contribution is -2.39. The van der Waals surface area contributed by atoms with E-state index in [0.29, 0.717) is 29.2 Å². The minimum absolute atomic E-state index is 0.0475. The van der Waals surface area contributed by atoms with E-state index in [2.05, 4.69) is 10.5 Å². The number of halogens is 3. The average Bonchev–Trinajstić information content (AvgIpc) is 3.51. The van der Waals surface area contributed by atoms with Gasteiger partial charge in [-0.2, -0.15) is 13.2 Å². The summed E-state index contributed by atoms with van der Waals surface area (Å²) >= 11 is 0. The van der Waals surface area contributed by atoms with Crippen LogP contribution >= 0.6 is 0 Å². The van der Waals surface area contributed by atoms with Gasteiger partial charge in [0.2, 0.25) is 5.91 Å². The first kappa shape index (κ1) is 25.1. The van der Waals surface area contributed by atoms with E-state index in [-0.39, 0.29) is 30.8 Å². The summed E-state index contributed by atoms with van der Waals surface area (Å²) in [6, 6.07) is 6.82. The summed E-state index contributed by atoms with van der Waals surface area (Å²) in [7, 11) is 0. The number of carbonyl (C=O) groups excluding carboxylic acids is 1. The molecular weight excluding hydrogens is 463 g/mol. The molecule has 0 spiro atoms. The summed E-state index contributed by atoms with van der Waals surface area (Å²) in [4.78, 5) is 26.0. The Morgan fingerprint density at radius 2 is 1.94 bits per heavy atom. The number of hydrogen-bond acceptors (Lipinski definition) is 5. The van der Waals surface area contributed by atoms with Gasteiger partial charge in [0, 0.05) is 18.7 Å². The fourth-order valence-corrected chi connectivity index (χ4v) is 4.97. The fourth-order valence-electron chi connectivity index (χ4n) is 4.97. The summed E-state index contributed by atoms with van der Waals surface area (Å²) in [5.74, 6) is -1.34. The number of aryl methyl sites for hydroxylation is 1. The molecule has 0 aliphatic heterocycles. The summed E-state index contributed by atoms with van der Waals surface area (Å²) in [6.45, 7) is 1.51. The van der Waals surface area contributed by atoms with E-state index in [1.54, 1.807) is 36.1 Å². The lowest BCUT2D eigenvalue weighted by atomic mass is 9.93. The van der Waals surface area contributed by atoms with E-state index >= 15 is 0 Å². The number of rotatable bonds is 9. The minimum Gasteiger partial charge on any atom is -0.481 e. The van der Waals surface area contributed by atoms with E-state index in [9.17, 15) is 27.9 Å². The normalized spacial score (nSPS) is 20.5. The molecule has 2 N–H and O–H groups in total. The number of aromatic nitrogens is 1. The first-order chi connectivity index (χ1) is 16.6. The Morgan fingerprint density at radius 1 is 1.20 bits per heavy atom. The zero-order chi connectivity index (χ0) is 25.2. The largest absolute Gasteiger partial charge is 0.481 e. The molecule has 2 aliphatic carbocycles. The van der Waals surface area contributed by atoms with E-state index in [0.717, 1.165) is 37.7 Å². The first-order valence-electron chi connectivity index (χ1n) is 12.0. The fraction of sp³-hybridized carbons (Fsp3) is 0.560. The van der Waals surface area contributed by atoms with E-state index < -0.39 is 24.5 Å². The number of benzene rings is 1. The molecular formula is C25H30F3N3O4. The highest BCUT2D eigenvalue weighted by atomic mass is 19.4. The van der Waals surface area contributed by atoms with Gasteiger partial charge in [-0.3, -0.25) is 9.59 Å². The van der Waals surface area contributed by atoms with Crippen molar-refractivity contribution in [3.63, 3.8) is 0 Å². The van der Waals surface area contributed by atoms with Crippen LogP contribution in [0.5, 0.6) is 0 Å². The zero-order valence-electron chi connectivity index (χ0n) is 19.6. The third kappa shape index (κ3) is 6.55. The van der Waals surface area contributed by atoms with Crippen molar-refractivity contribution in [2.24, 2.45) is 5.92 Å². The van der Waals surface area contributed by atoms with Gasteiger partial charge in [0.25, 0.3) is 0 Å². The minimum atomic E-state index is -4.30. The second kappa shape index (κ2) is 10.3. The van der Waals surface area contributed by atoms with Gasteiger partial charge < -0.3 is 19.8 Å². The van der Waals surface area contributed by atoms with Crippen LogP contribution in [0.25, 0.3) is 0 Å². The van der Waals surface area contributed by atoms with Crippen LogP contribution in [0, 0.1) is 12.8 Å². The Morgan fingerprint density at radius 3 is 2.54 bits per heavy atom. The van der Waals surface area contributed by atoms with Crippen LogP contribution in [0.1, 0.15) is 67.9 Å². The number of anilines is 2. The van der Waals surface area contributed by atoms with Crippen molar-refractivity contribution in [2.45, 2.75) is 76.4 Å². The van der Waals surface area contributed by atoms with Crippen molar-refractivity contribution >= 4 is 23.3 Å². The summed E-state index contributed by atoms with van der Waals surface area (Å²) in [5, 5.41) is 16.0. The number of nitrogens with one attached hydrogen (secondary N) is 1. The average molecular weight is 494 g/mol. The molecule has 1 aromatic heterocycles. The second-order valence-corrected chi connectivity index (χ2v) is 9.57. The van der Waals surface area contributed by atoms with Crippen LogP contribution in [0.15, 0.2) is 28.8 Å². The molecule has 2 fully saturated rings. The molecule has 1 heterocycles. The number of hydrogen-bond donors (Lipinski definition) is 2. The van der Waals surface area contributed by atoms with Crippen molar-refractivity contribution in [3.8, 4) is 0 Å². The number of alkyl halides is 3. The Labute approximate surface area is 201 Å². The van der Waals surface area contributed by atoms with Crippen LogP contribution in [0.3, 0.4) is 0 Å². The maximum atomic E-state index is 13.2. The highest BCUT2D eigenvalue weighted by Crippen LogP contribution is 2.49. The molecule has 1 aromatic carbocycles. The Balaban J connectivity index is 1.64. The van der Waals surface area contributed by atoms with Gasteiger partial charge in [0.05, 0.1) is 35.8 Å². The Hall–Kier alpha value is -3.04. The molecule has 10 heteroatoms. The van der Waals surface area contributed by atoms with E-state index in [1.165, 1.54) is 0 Å². The van der Waals surface area contributed by atoms with Crippen LogP contribution in [-0.4, -0.2) is 40.9 Å². The third-order valence-electron chi connectivity index (χ3n) is 6.81. The van der Waals surface area contributed by atoms with Crippen LogP contribution in [-0.2, 0) is 16.0 Å². The molecule has 35 heavy (non-hydrogen) atoms. The van der Waals surface area contributed by atoms with Gasteiger partial charge in [-0.25, -0.2) is 0 Å². The zero-order valence-corrected chi connectivity index (χ0v) is 19.6. The van der Waals surface area contributed by atoms with Gasteiger partial charge in [-0.1, -0.05) is 30.5 Å². The maximum absolute atomic E-state index is 13.2. The molecule has 0 saturated heterocycles. The van der Waals surface area contributed by atoms with Crippen molar-refractivity contribution in [1.82, 2.24) is 5.16 Å². The Bertz CT molecular complexity index is 1060. The number of carboxylic acid groups (broad SMARTS) is 1. The SMILES string of the molecule is Cc1cc(CC(=O)Nc2cc(C3C[C@H]3C(=O)O)ccc2N(CCC(F)(F)F)C2CCCCC2)no1. The Kier molecular flexibility index (Phi) is 7.37. The van der Waals surface area contributed by atoms with Gasteiger partial charge in [0.15, 0.2) is 0 Å². The molecule has 7 nitrogen and oxygen atoms in total. The first-order valence-corrected chi connectivity index (χ1v) is 12.0. The van der Waals surface area contributed by atoms with Crippen molar-refractivity contribution in [2.75, 3.05) is 16.8 Å². The van der Waals surface area contributed by atoms with Crippen LogP contribution in [0.4, 0.5) is 24.5 Å². The lowest BCUT2D eigenvalue weighted by Gasteiger charge is -2.37.